The van der Waals surface area contributed by atoms with Gasteiger partial charge in [-0.15, -0.1) is 0 Å². The zero-order valence-electron chi connectivity index (χ0n) is 12.3. The molecule has 1 rings (SSSR count). The van der Waals surface area contributed by atoms with Crippen molar-refractivity contribution in [1.29, 1.82) is 0 Å². The number of aromatic nitrogens is 2. The highest BCUT2D eigenvalue weighted by molar-refractivity contribution is 5.05. The second kappa shape index (κ2) is 5.71. The highest BCUT2D eigenvalue weighted by Crippen LogP contribution is 2.07. The van der Waals surface area contributed by atoms with Crippen molar-refractivity contribution in [3.05, 3.63) is 32.6 Å². The van der Waals surface area contributed by atoms with Gasteiger partial charge in [-0.05, 0) is 20.4 Å². The first-order valence-electron chi connectivity index (χ1n) is 6.36. The van der Waals surface area contributed by atoms with Crippen LogP contribution in [-0.4, -0.2) is 37.8 Å². The Balaban J connectivity index is 3.05. The van der Waals surface area contributed by atoms with Crippen LogP contribution >= 0.6 is 0 Å². The van der Waals surface area contributed by atoms with E-state index in [1.165, 1.54) is 11.6 Å². The largest absolute Gasteiger partial charge is 0.389 e. The smallest absolute Gasteiger partial charge is 0.330 e. The van der Waals surface area contributed by atoms with Gasteiger partial charge < -0.3 is 9.67 Å². The molecule has 0 aliphatic heterocycles. The lowest BCUT2D eigenvalue weighted by molar-refractivity contribution is 0.0351. The fourth-order valence-corrected chi connectivity index (χ4v) is 2.06. The maximum atomic E-state index is 12.0. The van der Waals surface area contributed by atoms with Crippen molar-refractivity contribution < 1.29 is 5.11 Å². The van der Waals surface area contributed by atoms with Gasteiger partial charge in [-0.3, -0.25) is 14.3 Å². The van der Waals surface area contributed by atoms with E-state index in [1.54, 1.807) is 27.1 Å². The highest BCUT2D eigenvalue weighted by atomic mass is 16.3. The van der Waals surface area contributed by atoms with E-state index in [2.05, 4.69) is 0 Å². The van der Waals surface area contributed by atoms with Crippen LogP contribution < -0.4 is 11.2 Å². The summed E-state index contributed by atoms with van der Waals surface area (Å²) in [4.78, 5) is 25.6. The van der Waals surface area contributed by atoms with Crippen LogP contribution in [0.4, 0.5) is 0 Å². The second-order valence-electron chi connectivity index (χ2n) is 5.53. The molecule has 0 aromatic carbocycles. The minimum atomic E-state index is -0.818. The van der Waals surface area contributed by atoms with Crippen LogP contribution in [0.15, 0.2) is 15.8 Å². The zero-order valence-corrected chi connectivity index (χ0v) is 12.3. The molecule has 1 aromatic heterocycles. The first-order valence-corrected chi connectivity index (χ1v) is 6.36. The van der Waals surface area contributed by atoms with Crippen molar-refractivity contribution in [3.8, 4) is 0 Å². The lowest BCUT2D eigenvalue weighted by atomic mass is 10.1. The molecule has 6 nitrogen and oxygen atoms in total. The molecule has 1 aromatic rings. The Kier molecular flexibility index (Phi) is 4.70. The molecule has 0 saturated carbocycles. The molecule has 0 atom stereocenters. The monoisotopic (exact) mass is 269 g/mol. The SMILES string of the molecule is CCN(Cc1cn(C)c(=O)n(C)c1=O)CC(C)(C)O. The van der Waals surface area contributed by atoms with E-state index in [9.17, 15) is 14.7 Å². The molecule has 0 aliphatic rings. The molecule has 0 fully saturated rings. The fourth-order valence-electron chi connectivity index (χ4n) is 2.06. The summed E-state index contributed by atoms with van der Waals surface area (Å²) in [5.74, 6) is 0. The number of aryl methyl sites for hydroxylation is 1. The van der Waals surface area contributed by atoms with Gasteiger partial charge in [0.2, 0.25) is 0 Å². The molecule has 108 valence electrons. The second-order valence-corrected chi connectivity index (χ2v) is 5.53. The Morgan fingerprint density at radius 3 is 2.37 bits per heavy atom. The normalized spacial score (nSPS) is 12.2. The van der Waals surface area contributed by atoms with Gasteiger partial charge >= 0.3 is 5.69 Å². The third kappa shape index (κ3) is 4.04. The molecule has 0 spiro atoms. The number of aliphatic hydroxyl groups is 1. The van der Waals surface area contributed by atoms with Crippen LogP contribution in [0.25, 0.3) is 0 Å². The third-order valence-corrected chi connectivity index (χ3v) is 2.97. The maximum absolute atomic E-state index is 12.0. The van der Waals surface area contributed by atoms with Crippen LogP contribution in [0, 0.1) is 0 Å². The minimum absolute atomic E-state index is 0.280. The molecule has 0 saturated heterocycles. The fraction of sp³-hybridized carbons (Fsp3) is 0.692. The van der Waals surface area contributed by atoms with Gasteiger partial charge in [0.1, 0.15) is 0 Å². The van der Waals surface area contributed by atoms with Crippen molar-refractivity contribution in [2.45, 2.75) is 32.9 Å². The van der Waals surface area contributed by atoms with E-state index in [0.29, 0.717) is 18.7 Å². The van der Waals surface area contributed by atoms with Crippen LogP contribution in [-0.2, 0) is 20.6 Å². The molecule has 6 heteroatoms. The number of rotatable bonds is 5. The molecule has 0 radical (unpaired) electrons. The minimum Gasteiger partial charge on any atom is -0.389 e. The first kappa shape index (κ1) is 15.7. The standard InChI is InChI=1S/C13H23N3O3/c1-6-16(9-13(2,3)19)8-10-7-14(4)12(18)15(5)11(10)17/h7,19H,6,8-9H2,1-5H3. The predicted octanol–water partition coefficient (Wildman–Crippen LogP) is -0.323. The van der Waals surface area contributed by atoms with E-state index in [-0.39, 0.29) is 11.2 Å². The maximum Gasteiger partial charge on any atom is 0.330 e. The average molecular weight is 269 g/mol. The molecule has 19 heavy (non-hydrogen) atoms. The van der Waals surface area contributed by atoms with Crippen molar-refractivity contribution in [2.24, 2.45) is 14.1 Å². The summed E-state index contributed by atoms with van der Waals surface area (Å²) in [6.45, 7) is 7.04. The quantitative estimate of drug-likeness (QED) is 0.795. The number of nitrogens with zero attached hydrogens (tertiary/aromatic N) is 3. The Morgan fingerprint density at radius 1 is 1.32 bits per heavy atom. The Morgan fingerprint density at radius 2 is 1.89 bits per heavy atom. The highest BCUT2D eigenvalue weighted by Gasteiger charge is 2.18. The lowest BCUT2D eigenvalue weighted by Crippen LogP contribution is -2.42. The molecular formula is C13H23N3O3. The topological polar surface area (TPSA) is 67.5 Å². The summed E-state index contributed by atoms with van der Waals surface area (Å²) in [7, 11) is 3.10. The predicted molar refractivity (Wildman–Crippen MR) is 74.2 cm³/mol. The van der Waals surface area contributed by atoms with Gasteiger partial charge in [0, 0.05) is 38.9 Å². The van der Waals surface area contributed by atoms with E-state index in [4.69, 9.17) is 0 Å². The lowest BCUT2D eigenvalue weighted by Gasteiger charge is -2.27. The molecular weight excluding hydrogens is 246 g/mol. The van der Waals surface area contributed by atoms with Crippen LogP contribution in [0.3, 0.4) is 0 Å². The molecule has 1 N–H and O–H groups in total. The Labute approximate surface area is 112 Å². The average Bonchev–Trinajstić information content (AvgIpc) is 2.30. The van der Waals surface area contributed by atoms with E-state index in [1.807, 2.05) is 11.8 Å². The van der Waals surface area contributed by atoms with Gasteiger partial charge in [0.05, 0.1) is 5.60 Å². The van der Waals surface area contributed by atoms with Crippen molar-refractivity contribution >= 4 is 0 Å². The Bertz CT molecular complexity index is 552. The summed E-state index contributed by atoms with van der Waals surface area (Å²) < 4.78 is 2.50. The van der Waals surface area contributed by atoms with E-state index in [0.717, 1.165) is 11.1 Å². The van der Waals surface area contributed by atoms with Gasteiger partial charge in [0.15, 0.2) is 0 Å². The van der Waals surface area contributed by atoms with Crippen LogP contribution in [0.2, 0.25) is 0 Å². The van der Waals surface area contributed by atoms with Crippen molar-refractivity contribution in [3.63, 3.8) is 0 Å². The molecule has 1 heterocycles. The van der Waals surface area contributed by atoms with Gasteiger partial charge in [0.25, 0.3) is 5.56 Å². The van der Waals surface area contributed by atoms with Gasteiger partial charge in [-0.25, -0.2) is 4.79 Å². The number of hydrogen-bond donors (Lipinski definition) is 1. The van der Waals surface area contributed by atoms with Crippen molar-refractivity contribution in [2.75, 3.05) is 13.1 Å². The van der Waals surface area contributed by atoms with E-state index >= 15 is 0 Å². The van der Waals surface area contributed by atoms with Crippen LogP contribution in [0.1, 0.15) is 26.3 Å². The van der Waals surface area contributed by atoms with Crippen molar-refractivity contribution in [1.82, 2.24) is 14.0 Å². The summed E-state index contributed by atoms with van der Waals surface area (Å²) in [5, 5.41) is 9.84. The zero-order chi connectivity index (χ0) is 14.8. The third-order valence-electron chi connectivity index (χ3n) is 2.97. The summed E-state index contributed by atoms with van der Waals surface area (Å²) in [5.41, 5.74) is -0.880. The van der Waals surface area contributed by atoms with Gasteiger partial charge in [-0.1, -0.05) is 6.92 Å². The number of likely N-dealkylation sites (N-methyl/N-ethyl adjacent to an activating group) is 1. The molecule has 0 unspecified atom stereocenters. The summed E-state index contributed by atoms with van der Waals surface area (Å²) >= 11 is 0. The van der Waals surface area contributed by atoms with Crippen LogP contribution in [0.5, 0.6) is 0 Å². The summed E-state index contributed by atoms with van der Waals surface area (Å²) in [6, 6.07) is 0. The molecule has 0 bridgehead atoms. The number of hydrogen-bond acceptors (Lipinski definition) is 4. The Hall–Kier alpha value is -1.40. The molecule has 0 amide bonds. The summed E-state index contributed by atoms with van der Waals surface area (Å²) in [6.07, 6.45) is 1.57. The van der Waals surface area contributed by atoms with Gasteiger partial charge in [-0.2, -0.15) is 0 Å². The molecule has 0 aliphatic carbocycles. The van der Waals surface area contributed by atoms with E-state index < -0.39 is 5.60 Å². The first-order chi connectivity index (χ1) is 8.65.